The normalized spacial score (nSPS) is 12.7. The lowest BCUT2D eigenvalue weighted by molar-refractivity contribution is 0.0636. The summed E-state index contributed by atoms with van der Waals surface area (Å²) in [5.41, 5.74) is 13.3. The van der Waals surface area contributed by atoms with Crippen LogP contribution < -0.4 is 16.8 Å². The lowest BCUT2D eigenvalue weighted by atomic mass is 10.1. The van der Waals surface area contributed by atoms with Gasteiger partial charge in [-0.3, -0.25) is 5.32 Å². The number of hydrogen-bond donors (Lipinski definition) is 3. The van der Waals surface area contributed by atoms with Crippen molar-refractivity contribution >= 4 is 29.3 Å². The predicted octanol–water partition coefficient (Wildman–Crippen LogP) is 4.64. The van der Waals surface area contributed by atoms with Crippen molar-refractivity contribution in [3.05, 3.63) is 64.4 Å². The molecule has 0 spiro atoms. The highest BCUT2D eigenvalue weighted by Crippen LogP contribution is 2.29. The molecule has 152 valence electrons. The first-order valence-electron chi connectivity index (χ1n) is 8.49. The molecule has 0 bridgehead atoms. The van der Waals surface area contributed by atoms with Gasteiger partial charge in [-0.15, -0.1) is 0 Å². The summed E-state index contributed by atoms with van der Waals surface area (Å²) in [4.78, 5) is 17.9. The molecule has 0 aliphatic heterocycles. The summed E-state index contributed by atoms with van der Waals surface area (Å²) in [6.07, 6.45) is -0.531. The molecule has 1 amide bonds. The molecule has 0 atom stereocenters. The summed E-state index contributed by atoms with van der Waals surface area (Å²) in [7, 11) is 0. The molecular formula is C20H28N4O3S. The van der Waals surface area contributed by atoms with Crippen molar-refractivity contribution in [1.82, 2.24) is 0 Å². The Kier molecular flexibility index (Phi) is 8.18. The molecule has 28 heavy (non-hydrogen) atoms. The van der Waals surface area contributed by atoms with Crippen molar-refractivity contribution < 1.29 is 14.4 Å². The van der Waals surface area contributed by atoms with E-state index in [2.05, 4.69) is 23.6 Å². The molecule has 7 nitrogen and oxygen atoms in total. The molecule has 0 aromatic heterocycles. The first-order valence-corrected chi connectivity index (χ1v) is 9.30. The quantitative estimate of drug-likeness (QED) is 0.264. The number of nitrogens with one attached hydrogen (secondary N) is 1. The molecule has 0 unspecified atom stereocenters. The van der Waals surface area contributed by atoms with E-state index in [-0.39, 0.29) is 5.76 Å². The number of allylic oxidation sites excluding steroid dienone is 1. The van der Waals surface area contributed by atoms with Crippen LogP contribution in [-0.4, -0.2) is 17.4 Å². The first-order chi connectivity index (χ1) is 12.9. The van der Waals surface area contributed by atoms with Gasteiger partial charge in [0.25, 0.3) is 0 Å². The van der Waals surface area contributed by atoms with Crippen LogP contribution in [0.25, 0.3) is 0 Å². The minimum absolute atomic E-state index is 0.263. The first kappa shape index (κ1) is 23.2. The van der Waals surface area contributed by atoms with Crippen molar-refractivity contribution in [1.29, 1.82) is 0 Å². The fourth-order valence-corrected chi connectivity index (χ4v) is 2.52. The molecule has 1 aromatic rings. The lowest BCUT2D eigenvalue weighted by Gasteiger charge is -2.19. The van der Waals surface area contributed by atoms with Gasteiger partial charge >= 0.3 is 6.09 Å². The maximum Gasteiger partial charge on any atom is 0.412 e. The number of oxime groups is 1. The number of carbonyl (C=O) groups is 1. The van der Waals surface area contributed by atoms with E-state index in [1.807, 2.05) is 6.07 Å². The molecule has 0 aliphatic carbocycles. The van der Waals surface area contributed by atoms with E-state index >= 15 is 0 Å². The third-order valence-electron chi connectivity index (χ3n) is 3.06. The monoisotopic (exact) mass is 404 g/mol. The Balaban J connectivity index is 2.88. The van der Waals surface area contributed by atoms with Gasteiger partial charge < -0.3 is 21.0 Å². The van der Waals surface area contributed by atoms with Gasteiger partial charge in [-0.25, -0.2) is 4.79 Å². The lowest BCUT2D eigenvalue weighted by Crippen LogP contribution is -2.27. The number of rotatable bonds is 7. The van der Waals surface area contributed by atoms with E-state index in [4.69, 9.17) is 21.0 Å². The van der Waals surface area contributed by atoms with Crippen LogP contribution in [0.3, 0.4) is 0 Å². The Labute approximate surface area is 170 Å². The second-order valence-electron chi connectivity index (χ2n) is 6.98. The zero-order chi connectivity index (χ0) is 21.5. The van der Waals surface area contributed by atoms with Crippen molar-refractivity contribution in [2.75, 3.05) is 5.32 Å². The molecule has 8 heteroatoms. The molecule has 0 aliphatic rings. The van der Waals surface area contributed by atoms with Gasteiger partial charge in [-0.2, -0.15) is 0 Å². The van der Waals surface area contributed by atoms with Gasteiger partial charge in [0.1, 0.15) is 5.60 Å². The van der Waals surface area contributed by atoms with E-state index in [0.29, 0.717) is 27.0 Å². The van der Waals surface area contributed by atoms with Gasteiger partial charge in [-0.1, -0.05) is 42.2 Å². The average molecular weight is 405 g/mol. The molecule has 5 N–H and O–H groups in total. The third kappa shape index (κ3) is 8.22. The summed E-state index contributed by atoms with van der Waals surface area (Å²) in [6.45, 7) is 16.3. The van der Waals surface area contributed by atoms with Gasteiger partial charge in [0.2, 0.25) is 0 Å². The van der Waals surface area contributed by atoms with Crippen LogP contribution in [0.2, 0.25) is 0 Å². The van der Waals surface area contributed by atoms with E-state index in [1.54, 1.807) is 52.8 Å². The fourth-order valence-electron chi connectivity index (χ4n) is 1.95. The zero-order valence-corrected chi connectivity index (χ0v) is 17.8. The second-order valence-corrected chi connectivity index (χ2v) is 8.12. The van der Waals surface area contributed by atoms with E-state index in [9.17, 15) is 4.79 Å². The van der Waals surface area contributed by atoms with Crippen molar-refractivity contribution in [3.63, 3.8) is 0 Å². The number of amides is 1. The molecular weight excluding hydrogens is 376 g/mol. The minimum atomic E-state index is -0.577. The molecule has 1 rings (SSSR count). The van der Waals surface area contributed by atoms with Gasteiger partial charge in [0.05, 0.1) is 15.6 Å². The minimum Gasteiger partial charge on any atom is -0.444 e. The molecule has 1 aromatic carbocycles. The largest absolute Gasteiger partial charge is 0.444 e. The van der Waals surface area contributed by atoms with Crippen LogP contribution in [0, 0.1) is 0 Å². The topological polar surface area (TPSA) is 112 Å². The van der Waals surface area contributed by atoms with Crippen LogP contribution in [-0.2, 0) is 9.57 Å². The van der Waals surface area contributed by atoms with Crippen LogP contribution in [0.15, 0.2) is 64.0 Å². The molecule has 0 radical (unpaired) electrons. The number of anilines is 1. The smallest absolute Gasteiger partial charge is 0.412 e. The summed E-state index contributed by atoms with van der Waals surface area (Å²) < 4.78 is 5.25. The van der Waals surface area contributed by atoms with Crippen molar-refractivity contribution in [2.45, 2.75) is 40.2 Å². The number of hydrogen-bond acceptors (Lipinski definition) is 7. The van der Waals surface area contributed by atoms with Crippen LogP contribution >= 0.6 is 11.8 Å². The standard InChI is InChI=1S/C20H28N4O3S/c1-12(21)18(28-15(4)22)14(3)27-24-13(2)16-9-8-10-17(11-16)23-19(25)26-20(5,6)7/h8-11H,3-4,21-22H2,1-2,5-7H3,(H,23,25)/b18-12+,24-13+. The maximum atomic E-state index is 11.9. The van der Waals surface area contributed by atoms with Gasteiger partial charge in [0.15, 0.2) is 5.76 Å². The zero-order valence-electron chi connectivity index (χ0n) is 17.0. The summed E-state index contributed by atoms with van der Waals surface area (Å²) in [6, 6.07) is 7.14. The van der Waals surface area contributed by atoms with Crippen molar-refractivity contribution in [3.8, 4) is 0 Å². The van der Waals surface area contributed by atoms with E-state index in [1.165, 1.54) is 0 Å². The highest BCUT2D eigenvalue weighted by molar-refractivity contribution is 8.06. The van der Waals surface area contributed by atoms with Gasteiger partial charge in [-0.05, 0) is 46.8 Å². The van der Waals surface area contributed by atoms with Crippen LogP contribution in [0.5, 0.6) is 0 Å². The number of nitrogens with zero attached hydrogens (tertiary/aromatic N) is 1. The second kappa shape index (κ2) is 9.89. The Morgan fingerprint density at radius 1 is 1.21 bits per heavy atom. The van der Waals surface area contributed by atoms with E-state index < -0.39 is 11.7 Å². The highest BCUT2D eigenvalue weighted by Gasteiger charge is 2.16. The Morgan fingerprint density at radius 3 is 2.39 bits per heavy atom. The summed E-state index contributed by atoms with van der Waals surface area (Å²) in [5, 5.41) is 7.14. The maximum absolute atomic E-state index is 11.9. The number of nitrogens with two attached hydrogens (primary N) is 2. The molecule has 0 saturated carbocycles. The Hall–Kier alpha value is -2.87. The number of thioether (sulfide) groups is 1. The summed E-state index contributed by atoms with van der Waals surface area (Å²) >= 11 is 1.16. The predicted molar refractivity (Wildman–Crippen MR) is 117 cm³/mol. The molecule has 0 heterocycles. The Bertz CT molecular complexity index is 819. The summed E-state index contributed by atoms with van der Waals surface area (Å²) in [5.74, 6) is 0.263. The van der Waals surface area contributed by atoms with E-state index in [0.717, 1.165) is 17.3 Å². The number of benzene rings is 1. The molecule has 0 fully saturated rings. The highest BCUT2D eigenvalue weighted by atomic mass is 32.2. The van der Waals surface area contributed by atoms with Crippen LogP contribution in [0.1, 0.15) is 40.2 Å². The third-order valence-corrected chi connectivity index (χ3v) is 4.08. The number of carbonyl (C=O) groups excluding carboxylic acids is 1. The van der Waals surface area contributed by atoms with Crippen molar-refractivity contribution in [2.24, 2.45) is 16.6 Å². The van der Waals surface area contributed by atoms with Crippen LogP contribution in [0.4, 0.5) is 10.5 Å². The molecule has 0 saturated heterocycles. The average Bonchev–Trinajstić information content (AvgIpc) is 2.55. The SMILES string of the molecule is C=C(N)S/C(C(=C)O/N=C(\C)c1cccc(NC(=O)OC(C)(C)C)c1)=C(\C)N. The fraction of sp³-hybridized carbons (Fsp3) is 0.300. The Morgan fingerprint density at radius 2 is 1.86 bits per heavy atom. The number of ether oxygens (including phenoxy) is 1. The van der Waals surface area contributed by atoms with Gasteiger partial charge in [0, 0.05) is 16.9 Å².